The molecule has 0 radical (unpaired) electrons. The summed E-state index contributed by atoms with van der Waals surface area (Å²) in [5, 5.41) is 1.20. The molecule has 1 unspecified atom stereocenters. The van der Waals surface area contributed by atoms with Crippen LogP contribution in [0.2, 0.25) is 0 Å². The number of rotatable bonds is 3. The highest BCUT2D eigenvalue weighted by atomic mass is 14.7. The molecule has 1 heterocycles. The zero-order valence-electron chi connectivity index (χ0n) is 11.7. The second-order valence-corrected chi connectivity index (χ2v) is 5.25. The summed E-state index contributed by atoms with van der Waals surface area (Å²) < 4.78 is 0. The molecule has 0 fully saturated rings. The molecule has 2 nitrogen and oxygen atoms in total. The van der Waals surface area contributed by atoms with E-state index in [1.165, 1.54) is 16.5 Å². The number of nitrogens with two attached hydrogens (primary N) is 1. The van der Waals surface area contributed by atoms with E-state index in [0.29, 0.717) is 5.92 Å². The van der Waals surface area contributed by atoms with Crippen molar-refractivity contribution in [3.05, 3.63) is 41.1 Å². The first-order valence-corrected chi connectivity index (χ1v) is 6.72. The van der Waals surface area contributed by atoms with Crippen LogP contribution >= 0.6 is 0 Å². The number of pyridine rings is 1. The van der Waals surface area contributed by atoms with E-state index in [-0.39, 0.29) is 6.04 Å². The average molecular weight is 242 g/mol. The molecule has 1 aromatic carbocycles. The minimum absolute atomic E-state index is 0.0418. The molecule has 0 aliphatic carbocycles. The van der Waals surface area contributed by atoms with Gasteiger partial charge in [0.2, 0.25) is 0 Å². The number of fused-ring (bicyclic) bond motifs is 1. The van der Waals surface area contributed by atoms with Gasteiger partial charge >= 0.3 is 0 Å². The predicted octanol–water partition coefficient (Wildman–Crippen LogP) is 3.94. The van der Waals surface area contributed by atoms with Gasteiger partial charge in [0.15, 0.2) is 0 Å². The molecule has 0 bridgehead atoms. The Morgan fingerprint density at radius 1 is 1.22 bits per heavy atom. The Kier molecular flexibility index (Phi) is 3.67. The van der Waals surface area contributed by atoms with E-state index in [2.05, 4.69) is 45.0 Å². The first-order valence-electron chi connectivity index (χ1n) is 6.72. The summed E-state index contributed by atoms with van der Waals surface area (Å²) in [6, 6.07) is 8.59. The summed E-state index contributed by atoms with van der Waals surface area (Å²) in [4.78, 5) is 4.83. The monoisotopic (exact) mass is 242 g/mol. The summed E-state index contributed by atoms with van der Waals surface area (Å²) in [6.07, 6.45) is 1.00. The Balaban J connectivity index is 2.81. The molecule has 0 saturated carbocycles. The van der Waals surface area contributed by atoms with Crippen LogP contribution in [0.5, 0.6) is 0 Å². The number of aromatic nitrogens is 1. The summed E-state index contributed by atoms with van der Waals surface area (Å²) in [7, 11) is 0. The van der Waals surface area contributed by atoms with Crippen molar-refractivity contribution in [2.24, 2.45) is 5.73 Å². The summed E-state index contributed by atoms with van der Waals surface area (Å²) in [5.74, 6) is 0.428. The minimum Gasteiger partial charge on any atom is -0.324 e. The molecule has 0 spiro atoms. The molecule has 2 rings (SSSR count). The number of benzene rings is 1. The molecular weight excluding hydrogens is 220 g/mol. The molecule has 2 aromatic rings. The lowest BCUT2D eigenvalue weighted by atomic mass is 9.96. The molecule has 1 atom stereocenters. The van der Waals surface area contributed by atoms with Crippen LogP contribution in [-0.4, -0.2) is 4.98 Å². The Labute approximate surface area is 109 Å². The van der Waals surface area contributed by atoms with Gasteiger partial charge in [0.05, 0.1) is 5.52 Å². The maximum absolute atomic E-state index is 6.11. The zero-order chi connectivity index (χ0) is 13.3. The minimum atomic E-state index is 0.0418. The van der Waals surface area contributed by atoms with Crippen LogP contribution in [0.25, 0.3) is 10.9 Å². The number of para-hydroxylation sites is 1. The largest absolute Gasteiger partial charge is 0.324 e. The molecule has 96 valence electrons. The molecule has 0 saturated heterocycles. The second kappa shape index (κ2) is 5.07. The summed E-state index contributed by atoms with van der Waals surface area (Å²) in [5.41, 5.74) is 10.9. The van der Waals surface area contributed by atoms with Crippen molar-refractivity contribution in [3.8, 4) is 0 Å². The van der Waals surface area contributed by atoms with Crippen LogP contribution in [0.4, 0.5) is 0 Å². The molecule has 18 heavy (non-hydrogen) atoms. The second-order valence-electron chi connectivity index (χ2n) is 5.25. The highest BCUT2D eigenvalue weighted by Crippen LogP contribution is 2.28. The normalized spacial score (nSPS) is 13.2. The van der Waals surface area contributed by atoms with E-state index in [4.69, 9.17) is 10.7 Å². The van der Waals surface area contributed by atoms with Crippen LogP contribution in [0.15, 0.2) is 24.3 Å². The van der Waals surface area contributed by atoms with Crippen LogP contribution in [0.3, 0.4) is 0 Å². The lowest BCUT2D eigenvalue weighted by Gasteiger charge is -2.15. The van der Waals surface area contributed by atoms with Crippen molar-refractivity contribution in [2.45, 2.75) is 46.1 Å². The number of aryl methyl sites for hydroxylation is 1. The predicted molar refractivity (Wildman–Crippen MR) is 77.8 cm³/mol. The fourth-order valence-electron chi connectivity index (χ4n) is 2.31. The Bertz CT molecular complexity index is 556. The summed E-state index contributed by atoms with van der Waals surface area (Å²) in [6.45, 7) is 8.56. The highest BCUT2D eigenvalue weighted by molar-refractivity contribution is 5.85. The lowest BCUT2D eigenvalue weighted by Crippen LogP contribution is -2.08. The van der Waals surface area contributed by atoms with Gasteiger partial charge in [0, 0.05) is 17.1 Å². The molecule has 2 heteroatoms. The first kappa shape index (κ1) is 13.0. The molecule has 1 aromatic heterocycles. The van der Waals surface area contributed by atoms with E-state index in [9.17, 15) is 0 Å². The molecule has 0 amide bonds. The molecular formula is C16H22N2. The van der Waals surface area contributed by atoms with Crippen molar-refractivity contribution in [1.29, 1.82) is 0 Å². The van der Waals surface area contributed by atoms with Gasteiger partial charge < -0.3 is 5.73 Å². The number of nitrogens with zero attached hydrogens (tertiary/aromatic N) is 1. The number of hydrogen-bond acceptors (Lipinski definition) is 2. The van der Waals surface area contributed by atoms with E-state index in [1.54, 1.807) is 0 Å². The van der Waals surface area contributed by atoms with Crippen LogP contribution in [0.1, 0.15) is 56.5 Å². The van der Waals surface area contributed by atoms with Gasteiger partial charge in [0.1, 0.15) is 0 Å². The van der Waals surface area contributed by atoms with E-state index >= 15 is 0 Å². The Morgan fingerprint density at radius 3 is 2.50 bits per heavy atom. The zero-order valence-corrected chi connectivity index (χ0v) is 11.7. The van der Waals surface area contributed by atoms with Crippen molar-refractivity contribution < 1.29 is 0 Å². The lowest BCUT2D eigenvalue weighted by molar-refractivity contribution is 0.794. The van der Waals surface area contributed by atoms with Crippen molar-refractivity contribution in [3.63, 3.8) is 0 Å². The topological polar surface area (TPSA) is 38.9 Å². The van der Waals surface area contributed by atoms with E-state index in [0.717, 1.165) is 17.6 Å². The fraction of sp³-hybridized carbons (Fsp3) is 0.438. The third-order valence-electron chi connectivity index (χ3n) is 3.44. The van der Waals surface area contributed by atoms with Crippen molar-refractivity contribution >= 4 is 10.9 Å². The summed E-state index contributed by atoms with van der Waals surface area (Å²) >= 11 is 0. The van der Waals surface area contributed by atoms with Gasteiger partial charge in [-0.1, -0.05) is 39.0 Å². The maximum atomic E-state index is 6.11. The first-order chi connectivity index (χ1) is 8.54. The van der Waals surface area contributed by atoms with Gasteiger partial charge in [0.25, 0.3) is 0 Å². The van der Waals surface area contributed by atoms with Crippen molar-refractivity contribution in [1.82, 2.24) is 4.98 Å². The smallest absolute Gasteiger partial charge is 0.0740 e. The third kappa shape index (κ3) is 2.25. The molecule has 0 aliphatic heterocycles. The van der Waals surface area contributed by atoms with Crippen LogP contribution in [-0.2, 0) is 6.42 Å². The third-order valence-corrected chi connectivity index (χ3v) is 3.44. The average Bonchev–Trinajstić information content (AvgIpc) is 2.36. The van der Waals surface area contributed by atoms with Crippen LogP contribution < -0.4 is 5.73 Å². The maximum Gasteiger partial charge on any atom is 0.0740 e. The highest BCUT2D eigenvalue weighted by Gasteiger charge is 2.12. The molecule has 2 N–H and O–H groups in total. The Hall–Kier alpha value is -1.41. The van der Waals surface area contributed by atoms with Crippen molar-refractivity contribution in [2.75, 3.05) is 0 Å². The number of hydrogen-bond donors (Lipinski definition) is 1. The van der Waals surface area contributed by atoms with E-state index < -0.39 is 0 Å². The van der Waals surface area contributed by atoms with Gasteiger partial charge in [-0.25, -0.2) is 0 Å². The fourth-order valence-corrected chi connectivity index (χ4v) is 2.31. The SMILES string of the molecule is CCc1cccc2c(C(C)N)cc(C(C)C)nc12. The van der Waals surface area contributed by atoms with Gasteiger partial charge in [-0.05, 0) is 36.5 Å². The van der Waals surface area contributed by atoms with E-state index in [1.807, 2.05) is 6.92 Å². The van der Waals surface area contributed by atoms with Crippen LogP contribution in [0, 0.1) is 0 Å². The van der Waals surface area contributed by atoms with Gasteiger partial charge in [-0.2, -0.15) is 0 Å². The Morgan fingerprint density at radius 2 is 1.94 bits per heavy atom. The molecule has 0 aliphatic rings. The van der Waals surface area contributed by atoms with Gasteiger partial charge in [-0.3, -0.25) is 4.98 Å². The van der Waals surface area contributed by atoms with Gasteiger partial charge in [-0.15, -0.1) is 0 Å². The standard InChI is InChI=1S/C16H22N2/c1-5-12-7-6-8-13-14(11(4)17)9-15(10(2)3)18-16(12)13/h6-11H,5,17H2,1-4H3. The quantitative estimate of drug-likeness (QED) is 0.885.